The zero-order chi connectivity index (χ0) is 12.8. The average Bonchev–Trinajstić information content (AvgIpc) is 2.40. The van der Waals surface area contributed by atoms with E-state index in [0.29, 0.717) is 5.92 Å². The SMILES string of the molecule is CC(C)C(Oc1ccccc1)Sc1ccccc1. The summed E-state index contributed by atoms with van der Waals surface area (Å²) in [5, 5.41) is 0. The molecule has 94 valence electrons. The second-order valence-corrected chi connectivity index (χ2v) is 5.65. The topological polar surface area (TPSA) is 9.23 Å². The molecule has 0 bridgehead atoms. The molecule has 0 aromatic heterocycles. The summed E-state index contributed by atoms with van der Waals surface area (Å²) in [5.41, 5.74) is 0.134. The van der Waals surface area contributed by atoms with Gasteiger partial charge in [-0.2, -0.15) is 0 Å². The molecule has 2 aromatic carbocycles. The molecule has 0 radical (unpaired) electrons. The van der Waals surface area contributed by atoms with Gasteiger partial charge >= 0.3 is 0 Å². The van der Waals surface area contributed by atoms with Gasteiger partial charge in [0.05, 0.1) is 0 Å². The van der Waals surface area contributed by atoms with Gasteiger partial charge in [0.25, 0.3) is 0 Å². The Kier molecular flexibility index (Phi) is 4.71. The Morgan fingerprint density at radius 1 is 0.833 bits per heavy atom. The first-order valence-corrected chi connectivity index (χ1v) is 7.07. The van der Waals surface area contributed by atoms with Gasteiger partial charge in [-0.05, 0) is 24.3 Å². The predicted octanol–water partition coefficient (Wildman–Crippen LogP) is 4.84. The summed E-state index contributed by atoms with van der Waals surface area (Å²) in [5.74, 6) is 1.38. The molecule has 0 saturated heterocycles. The third-order valence-corrected chi connectivity index (χ3v) is 3.95. The van der Waals surface area contributed by atoms with Crippen LogP contribution in [0.1, 0.15) is 13.8 Å². The fourth-order valence-electron chi connectivity index (χ4n) is 1.56. The van der Waals surface area contributed by atoms with Gasteiger partial charge in [0.1, 0.15) is 5.75 Å². The molecule has 1 atom stereocenters. The van der Waals surface area contributed by atoms with E-state index in [1.165, 1.54) is 4.90 Å². The molecule has 2 rings (SSSR count). The van der Waals surface area contributed by atoms with Crippen molar-refractivity contribution in [2.24, 2.45) is 5.92 Å². The summed E-state index contributed by atoms with van der Waals surface area (Å²) in [6.45, 7) is 4.37. The number of hydrogen-bond acceptors (Lipinski definition) is 2. The van der Waals surface area contributed by atoms with Crippen LogP contribution in [0.3, 0.4) is 0 Å². The molecule has 2 aromatic rings. The number of para-hydroxylation sites is 1. The van der Waals surface area contributed by atoms with E-state index in [1.54, 1.807) is 11.8 Å². The standard InChI is InChI=1S/C16H18OS/c1-13(2)16(17-14-9-5-3-6-10-14)18-15-11-7-4-8-12-15/h3-13,16H,1-2H3. The Balaban J connectivity index is 2.05. The lowest BCUT2D eigenvalue weighted by Crippen LogP contribution is -2.18. The molecule has 1 unspecified atom stereocenters. The first-order valence-electron chi connectivity index (χ1n) is 6.19. The van der Waals surface area contributed by atoms with E-state index in [1.807, 2.05) is 36.4 Å². The smallest absolute Gasteiger partial charge is 0.151 e. The molecule has 0 aliphatic heterocycles. The molecule has 0 amide bonds. The van der Waals surface area contributed by atoms with Crippen LogP contribution in [0.4, 0.5) is 0 Å². The van der Waals surface area contributed by atoms with Crippen molar-refractivity contribution in [2.45, 2.75) is 24.2 Å². The van der Waals surface area contributed by atoms with Crippen LogP contribution in [0.15, 0.2) is 65.6 Å². The first kappa shape index (κ1) is 13.0. The number of ether oxygens (including phenoxy) is 1. The maximum Gasteiger partial charge on any atom is 0.151 e. The molecular weight excluding hydrogens is 240 g/mol. The van der Waals surface area contributed by atoms with Crippen molar-refractivity contribution in [3.63, 3.8) is 0 Å². The summed E-state index contributed by atoms with van der Waals surface area (Å²) < 4.78 is 6.04. The number of hydrogen-bond donors (Lipinski definition) is 0. The maximum absolute atomic E-state index is 6.04. The highest BCUT2D eigenvalue weighted by atomic mass is 32.2. The van der Waals surface area contributed by atoms with Gasteiger partial charge in [0, 0.05) is 10.8 Å². The first-order chi connectivity index (χ1) is 8.75. The molecule has 1 nitrogen and oxygen atoms in total. The molecule has 2 heteroatoms. The third kappa shape index (κ3) is 3.81. The van der Waals surface area contributed by atoms with Gasteiger partial charge in [-0.25, -0.2) is 0 Å². The summed E-state index contributed by atoms with van der Waals surface area (Å²) >= 11 is 1.77. The van der Waals surface area contributed by atoms with Gasteiger partial charge in [0.15, 0.2) is 5.44 Å². The van der Waals surface area contributed by atoms with Crippen molar-refractivity contribution < 1.29 is 4.74 Å². The van der Waals surface area contributed by atoms with Crippen LogP contribution in [0.5, 0.6) is 5.75 Å². The number of rotatable bonds is 5. The van der Waals surface area contributed by atoms with Gasteiger partial charge in [-0.3, -0.25) is 0 Å². The molecule has 0 saturated carbocycles. The minimum atomic E-state index is 0.134. The van der Waals surface area contributed by atoms with Crippen molar-refractivity contribution in [2.75, 3.05) is 0 Å². The van der Waals surface area contributed by atoms with E-state index in [-0.39, 0.29) is 5.44 Å². The number of thioether (sulfide) groups is 1. The monoisotopic (exact) mass is 258 g/mol. The average molecular weight is 258 g/mol. The van der Waals surface area contributed by atoms with Crippen molar-refractivity contribution in [1.29, 1.82) is 0 Å². The molecule has 18 heavy (non-hydrogen) atoms. The van der Waals surface area contributed by atoms with Crippen molar-refractivity contribution in [3.05, 3.63) is 60.7 Å². The highest BCUT2D eigenvalue weighted by Crippen LogP contribution is 2.30. The van der Waals surface area contributed by atoms with E-state index < -0.39 is 0 Å². The predicted molar refractivity (Wildman–Crippen MR) is 78.0 cm³/mol. The minimum absolute atomic E-state index is 0.134. The van der Waals surface area contributed by atoms with Gasteiger partial charge in [-0.15, -0.1) is 0 Å². The third-order valence-electron chi connectivity index (χ3n) is 2.54. The van der Waals surface area contributed by atoms with Crippen molar-refractivity contribution >= 4 is 11.8 Å². The highest BCUT2D eigenvalue weighted by molar-refractivity contribution is 7.99. The van der Waals surface area contributed by atoms with Crippen LogP contribution < -0.4 is 4.74 Å². The second kappa shape index (κ2) is 6.50. The molecule has 0 fully saturated rings. The number of benzene rings is 2. The Bertz CT molecular complexity index is 412. The molecule has 0 aliphatic carbocycles. The van der Waals surface area contributed by atoms with Crippen LogP contribution in [0, 0.1) is 5.92 Å². The molecule has 0 spiro atoms. The summed E-state index contributed by atoms with van der Waals surface area (Å²) in [6.07, 6.45) is 0. The maximum atomic E-state index is 6.04. The largest absolute Gasteiger partial charge is 0.479 e. The fourth-order valence-corrected chi connectivity index (χ4v) is 2.58. The fraction of sp³-hybridized carbons (Fsp3) is 0.250. The lowest BCUT2D eigenvalue weighted by Gasteiger charge is -2.22. The molecular formula is C16H18OS. The van der Waals surface area contributed by atoms with Gasteiger partial charge in [-0.1, -0.05) is 62.0 Å². The van der Waals surface area contributed by atoms with Crippen LogP contribution in [-0.2, 0) is 0 Å². The summed E-state index contributed by atoms with van der Waals surface area (Å²) in [7, 11) is 0. The Morgan fingerprint density at radius 3 is 1.94 bits per heavy atom. The normalized spacial score (nSPS) is 12.4. The van der Waals surface area contributed by atoms with E-state index in [4.69, 9.17) is 4.74 Å². The lowest BCUT2D eigenvalue weighted by molar-refractivity contribution is 0.236. The highest BCUT2D eigenvalue weighted by Gasteiger charge is 2.16. The Morgan fingerprint density at radius 2 is 1.39 bits per heavy atom. The summed E-state index contributed by atoms with van der Waals surface area (Å²) in [6, 6.07) is 20.4. The van der Waals surface area contributed by atoms with Crippen LogP contribution in [0.2, 0.25) is 0 Å². The van der Waals surface area contributed by atoms with Crippen LogP contribution in [-0.4, -0.2) is 5.44 Å². The Hall–Kier alpha value is -1.41. The quantitative estimate of drug-likeness (QED) is 0.560. The Labute approximate surface area is 113 Å². The van der Waals surface area contributed by atoms with Gasteiger partial charge < -0.3 is 4.74 Å². The van der Waals surface area contributed by atoms with Crippen LogP contribution in [0.25, 0.3) is 0 Å². The molecule has 0 aliphatic rings. The molecule has 0 N–H and O–H groups in total. The van der Waals surface area contributed by atoms with E-state index in [9.17, 15) is 0 Å². The van der Waals surface area contributed by atoms with Crippen molar-refractivity contribution in [3.8, 4) is 5.75 Å². The van der Waals surface area contributed by atoms with Gasteiger partial charge in [0.2, 0.25) is 0 Å². The van der Waals surface area contributed by atoms with Crippen LogP contribution >= 0.6 is 11.8 Å². The minimum Gasteiger partial charge on any atom is -0.479 e. The zero-order valence-electron chi connectivity index (χ0n) is 10.7. The molecule has 0 heterocycles. The second-order valence-electron chi connectivity index (χ2n) is 4.47. The lowest BCUT2D eigenvalue weighted by atomic mass is 10.2. The van der Waals surface area contributed by atoms with E-state index in [2.05, 4.69) is 38.1 Å². The summed E-state index contributed by atoms with van der Waals surface area (Å²) in [4.78, 5) is 1.24. The van der Waals surface area contributed by atoms with E-state index in [0.717, 1.165) is 5.75 Å². The zero-order valence-corrected chi connectivity index (χ0v) is 11.6. The van der Waals surface area contributed by atoms with Crippen molar-refractivity contribution in [1.82, 2.24) is 0 Å². The van der Waals surface area contributed by atoms with E-state index >= 15 is 0 Å².